The van der Waals surface area contributed by atoms with Crippen LogP contribution in [0.4, 0.5) is 0 Å². The highest BCUT2D eigenvalue weighted by atomic mass is 16.6. The summed E-state index contributed by atoms with van der Waals surface area (Å²) in [5, 5.41) is 8.60. The first-order valence-electron chi connectivity index (χ1n) is 3.50. The number of rotatable bonds is 4. The van der Waals surface area contributed by atoms with E-state index in [1.807, 2.05) is 0 Å². The van der Waals surface area contributed by atoms with Gasteiger partial charge in [-0.1, -0.05) is 0 Å². The molecule has 68 valence electrons. The first-order valence-corrected chi connectivity index (χ1v) is 3.50. The van der Waals surface area contributed by atoms with Gasteiger partial charge in [-0.15, -0.1) is 0 Å². The van der Waals surface area contributed by atoms with Crippen LogP contribution in [-0.4, -0.2) is 49.4 Å². The Morgan fingerprint density at radius 3 is 2.33 bits per heavy atom. The molecule has 0 aromatic heterocycles. The van der Waals surface area contributed by atoms with Crippen molar-refractivity contribution in [3.63, 3.8) is 0 Å². The fourth-order valence-electron chi connectivity index (χ4n) is 0.572. The largest absolute Gasteiger partial charge is 0.521 e. The van der Waals surface area contributed by atoms with Crippen molar-refractivity contribution in [2.45, 2.75) is 6.82 Å². The smallest absolute Gasteiger partial charge is 0.504 e. The second-order valence-corrected chi connectivity index (χ2v) is 2.67. The Kier molecular flexibility index (Phi) is 4.54. The summed E-state index contributed by atoms with van der Waals surface area (Å²) < 4.78 is 4.25. The van der Waals surface area contributed by atoms with Crippen LogP contribution in [-0.2, 0) is 14.2 Å². The minimum Gasteiger partial charge on any atom is -0.504 e. The van der Waals surface area contributed by atoms with Crippen molar-refractivity contribution in [3.8, 4) is 0 Å². The van der Waals surface area contributed by atoms with Crippen LogP contribution in [0, 0.1) is 0 Å². The van der Waals surface area contributed by atoms with E-state index in [1.54, 1.807) is 19.0 Å². The molecule has 0 aliphatic carbocycles. The zero-order valence-corrected chi connectivity index (χ0v) is 7.40. The Labute approximate surface area is 71.4 Å². The summed E-state index contributed by atoms with van der Waals surface area (Å²) in [6, 6.07) is 0. The van der Waals surface area contributed by atoms with Crippen molar-refractivity contribution in [3.05, 3.63) is 0 Å². The van der Waals surface area contributed by atoms with Crippen molar-refractivity contribution in [2.24, 2.45) is 0 Å². The van der Waals surface area contributed by atoms with Gasteiger partial charge in [0.05, 0.1) is 6.54 Å². The third kappa shape index (κ3) is 4.87. The molecule has 0 amide bonds. The molecule has 0 bridgehead atoms. The number of carbonyl (C=O) groups is 2. The van der Waals surface area contributed by atoms with E-state index in [0.29, 0.717) is 0 Å². The second-order valence-electron chi connectivity index (χ2n) is 2.67. The van der Waals surface area contributed by atoms with Gasteiger partial charge in [-0.3, -0.25) is 4.79 Å². The molecule has 1 N–H and O–H groups in total. The number of Topliss-reactive ketones (excluding diaryl/α,β-unsaturated/α-hetero) is 1. The highest BCUT2D eigenvalue weighted by Gasteiger charge is 2.19. The van der Waals surface area contributed by atoms with Crippen LogP contribution in [0.1, 0.15) is 0 Å². The second kappa shape index (κ2) is 4.89. The first kappa shape index (κ1) is 11.1. The molecule has 0 saturated carbocycles. The van der Waals surface area contributed by atoms with Crippen molar-refractivity contribution >= 4 is 18.9 Å². The van der Waals surface area contributed by atoms with Crippen LogP contribution in [0.3, 0.4) is 0 Å². The molecular weight excluding hydrogens is 161 g/mol. The molecule has 5 nitrogen and oxygen atoms in total. The van der Waals surface area contributed by atoms with Crippen LogP contribution in [0.2, 0.25) is 6.82 Å². The number of ketones is 1. The third-order valence-electron chi connectivity index (χ3n) is 0.965. The minimum atomic E-state index is -1.23. The van der Waals surface area contributed by atoms with Crippen LogP contribution in [0.25, 0.3) is 0 Å². The van der Waals surface area contributed by atoms with Gasteiger partial charge in [0.15, 0.2) is 0 Å². The van der Waals surface area contributed by atoms with E-state index in [4.69, 9.17) is 5.02 Å². The summed E-state index contributed by atoms with van der Waals surface area (Å²) in [7, 11) is 2.09. The summed E-state index contributed by atoms with van der Waals surface area (Å²) in [6.07, 6.45) is 0. The van der Waals surface area contributed by atoms with Gasteiger partial charge < -0.3 is 14.6 Å². The molecule has 0 atom stereocenters. The topological polar surface area (TPSA) is 66.8 Å². The molecule has 0 heterocycles. The first-order chi connectivity index (χ1) is 5.43. The standard InChI is InChI=1S/C6H12BNO4/c1-7(11)12-6(10)5(9)4-8(2)3/h11H,4H2,1-3H3. The molecule has 0 saturated heterocycles. The number of hydrogen-bond acceptors (Lipinski definition) is 5. The van der Waals surface area contributed by atoms with E-state index in [2.05, 4.69) is 4.65 Å². The van der Waals surface area contributed by atoms with E-state index >= 15 is 0 Å². The van der Waals surface area contributed by atoms with Crippen LogP contribution in [0.15, 0.2) is 0 Å². The monoisotopic (exact) mass is 173 g/mol. The van der Waals surface area contributed by atoms with Crippen LogP contribution >= 0.6 is 0 Å². The van der Waals surface area contributed by atoms with E-state index < -0.39 is 18.9 Å². The molecule has 0 rings (SSSR count). The highest BCUT2D eigenvalue weighted by molar-refractivity contribution is 6.49. The lowest BCUT2D eigenvalue weighted by molar-refractivity contribution is -0.148. The van der Waals surface area contributed by atoms with Crippen LogP contribution < -0.4 is 0 Å². The number of hydrogen-bond donors (Lipinski definition) is 1. The van der Waals surface area contributed by atoms with Gasteiger partial charge in [0.2, 0.25) is 0 Å². The average Bonchev–Trinajstić information content (AvgIpc) is 1.84. The number of carbonyl (C=O) groups excluding carboxylic acids is 2. The maximum Gasteiger partial charge on any atom is 0.521 e. The van der Waals surface area contributed by atoms with E-state index in [0.717, 1.165) is 0 Å². The van der Waals surface area contributed by atoms with Gasteiger partial charge in [0, 0.05) is 0 Å². The van der Waals surface area contributed by atoms with Crippen molar-refractivity contribution in [1.29, 1.82) is 0 Å². The zero-order valence-electron chi connectivity index (χ0n) is 7.40. The predicted molar refractivity (Wildman–Crippen MR) is 43.5 cm³/mol. The molecule has 0 radical (unpaired) electrons. The number of likely N-dealkylation sites (N-methyl/N-ethyl adjacent to an activating group) is 1. The van der Waals surface area contributed by atoms with Gasteiger partial charge in [-0.05, 0) is 20.9 Å². The van der Waals surface area contributed by atoms with Gasteiger partial charge >= 0.3 is 13.1 Å². The molecule has 0 aliphatic heterocycles. The van der Waals surface area contributed by atoms with E-state index in [1.165, 1.54) is 6.82 Å². The zero-order chi connectivity index (χ0) is 9.72. The Morgan fingerprint density at radius 2 is 2.00 bits per heavy atom. The molecule has 0 aromatic rings. The maximum absolute atomic E-state index is 10.9. The van der Waals surface area contributed by atoms with Gasteiger partial charge in [0.1, 0.15) is 0 Å². The molecular formula is C6H12BNO4. The van der Waals surface area contributed by atoms with Crippen molar-refractivity contribution in [1.82, 2.24) is 4.90 Å². The molecule has 0 fully saturated rings. The molecule has 12 heavy (non-hydrogen) atoms. The highest BCUT2D eigenvalue weighted by Crippen LogP contribution is 1.86. The average molecular weight is 173 g/mol. The lowest BCUT2D eigenvalue weighted by atomic mass is 9.97. The summed E-state index contributed by atoms with van der Waals surface area (Å²) in [4.78, 5) is 23.1. The third-order valence-corrected chi connectivity index (χ3v) is 0.965. The van der Waals surface area contributed by atoms with E-state index in [-0.39, 0.29) is 6.54 Å². The van der Waals surface area contributed by atoms with Crippen molar-refractivity contribution < 1.29 is 19.3 Å². The molecule has 0 aliphatic rings. The van der Waals surface area contributed by atoms with Gasteiger partial charge in [-0.2, -0.15) is 0 Å². The summed E-state index contributed by atoms with van der Waals surface area (Å²) in [5.74, 6) is -1.67. The summed E-state index contributed by atoms with van der Waals surface area (Å²) in [5.41, 5.74) is 0. The van der Waals surface area contributed by atoms with Gasteiger partial charge in [0.25, 0.3) is 5.78 Å². The Balaban J connectivity index is 3.86. The summed E-state index contributed by atoms with van der Waals surface area (Å²) >= 11 is 0. The van der Waals surface area contributed by atoms with E-state index in [9.17, 15) is 9.59 Å². The number of nitrogens with zero attached hydrogens (tertiary/aromatic N) is 1. The molecule has 0 aromatic carbocycles. The quantitative estimate of drug-likeness (QED) is 0.425. The van der Waals surface area contributed by atoms with Crippen molar-refractivity contribution in [2.75, 3.05) is 20.6 Å². The lowest BCUT2D eigenvalue weighted by Crippen LogP contribution is -2.32. The minimum absolute atomic E-state index is 0.00838. The normalized spacial score (nSPS) is 9.75. The van der Waals surface area contributed by atoms with Gasteiger partial charge in [-0.25, -0.2) is 4.79 Å². The Bertz CT molecular complexity index is 160. The SMILES string of the molecule is CB(O)OC(=O)C(=O)CN(C)C. The molecule has 0 unspecified atom stereocenters. The summed E-state index contributed by atoms with van der Waals surface area (Å²) in [6.45, 7) is 1.26. The molecule has 0 spiro atoms. The Morgan fingerprint density at radius 1 is 1.50 bits per heavy atom. The predicted octanol–water partition coefficient (Wildman–Crippen LogP) is -1.23. The fraction of sp³-hybridized carbons (Fsp3) is 0.667. The lowest BCUT2D eigenvalue weighted by Gasteiger charge is -2.08. The maximum atomic E-state index is 10.9. The fourth-order valence-corrected chi connectivity index (χ4v) is 0.572. The Hall–Kier alpha value is -0.875. The van der Waals surface area contributed by atoms with Crippen LogP contribution in [0.5, 0.6) is 0 Å². The molecule has 6 heteroatoms.